The second kappa shape index (κ2) is 4.71. The van der Waals surface area contributed by atoms with Crippen LogP contribution in [0.4, 0.5) is 11.4 Å². The van der Waals surface area contributed by atoms with Gasteiger partial charge in [-0.05, 0) is 26.0 Å². The van der Waals surface area contributed by atoms with Crippen LogP contribution in [0.5, 0.6) is 0 Å². The normalized spacial score (nSPS) is 24.7. The molecule has 92 valence electrons. The molecule has 1 saturated heterocycles. The van der Waals surface area contributed by atoms with Crippen LogP contribution in [0.1, 0.15) is 13.8 Å². The van der Waals surface area contributed by atoms with Gasteiger partial charge in [0.05, 0.1) is 18.0 Å². The molecule has 0 bridgehead atoms. The standard InChI is InChI=1S/C12H17N3O2/c1-9-7-14(8-10(2)13-9)11-3-5-12(6-4-11)15(16)17/h3-6,9-10,13H,7-8H2,1-2H3/p+1/t9-,10-/m1/s1. The largest absolute Gasteiger partial charge is 0.360 e. The van der Waals surface area contributed by atoms with Crippen LogP contribution in [0.25, 0.3) is 0 Å². The minimum Gasteiger partial charge on any atom is -0.360 e. The molecule has 1 aromatic carbocycles. The number of rotatable bonds is 2. The molecule has 1 fully saturated rings. The summed E-state index contributed by atoms with van der Waals surface area (Å²) in [6, 6.07) is 7.94. The van der Waals surface area contributed by atoms with Crippen molar-refractivity contribution in [3.8, 4) is 0 Å². The number of nitro benzene ring substituents is 1. The van der Waals surface area contributed by atoms with Crippen LogP contribution in [-0.4, -0.2) is 30.1 Å². The Morgan fingerprint density at radius 1 is 1.24 bits per heavy atom. The molecule has 0 saturated carbocycles. The van der Waals surface area contributed by atoms with Gasteiger partial charge in [0.25, 0.3) is 5.69 Å². The lowest BCUT2D eigenvalue weighted by Gasteiger charge is -2.34. The lowest BCUT2D eigenvalue weighted by atomic mass is 10.1. The van der Waals surface area contributed by atoms with Crippen molar-refractivity contribution in [2.75, 3.05) is 18.0 Å². The summed E-state index contributed by atoms with van der Waals surface area (Å²) in [6.07, 6.45) is 0. The van der Waals surface area contributed by atoms with E-state index in [0.717, 1.165) is 18.8 Å². The lowest BCUT2D eigenvalue weighted by molar-refractivity contribution is -0.716. The van der Waals surface area contributed by atoms with E-state index in [0.29, 0.717) is 12.1 Å². The molecule has 1 heterocycles. The average molecular weight is 236 g/mol. The van der Waals surface area contributed by atoms with Crippen molar-refractivity contribution in [2.45, 2.75) is 25.9 Å². The van der Waals surface area contributed by atoms with Gasteiger partial charge in [0.2, 0.25) is 0 Å². The Labute approximate surface area is 101 Å². The molecule has 1 aliphatic rings. The number of benzene rings is 1. The molecule has 17 heavy (non-hydrogen) atoms. The average Bonchev–Trinajstić information content (AvgIpc) is 2.28. The van der Waals surface area contributed by atoms with E-state index in [1.54, 1.807) is 12.1 Å². The van der Waals surface area contributed by atoms with Gasteiger partial charge in [-0.15, -0.1) is 0 Å². The maximum Gasteiger partial charge on any atom is 0.269 e. The van der Waals surface area contributed by atoms with E-state index < -0.39 is 0 Å². The minimum atomic E-state index is -0.362. The summed E-state index contributed by atoms with van der Waals surface area (Å²) in [7, 11) is 0. The Kier molecular flexibility index (Phi) is 3.28. The zero-order chi connectivity index (χ0) is 12.4. The Balaban J connectivity index is 2.14. The van der Waals surface area contributed by atoms with Crippen LogP contribution in [0, 0.1) is 10.1 Å². The molecule has 0 amide bonds. The van der Waals surface area contributed by atoms with Crippen molar-refractivity contribution in [1.29, 1.82) is 0 Å². The number of anilines is 1. The maximum atomic E-state index is 10.6. The van der Waals surface area contributed by atoms with Gasteiger partial charge in [-0.25, -0.2) is 0 Å². The quantitative estimate of drug-likeness (QED) is 0.609. The molecule has 1 aromatic rings. The SMILES string of the molecule is C[C@@H]1CN(c2ccc([N+](=O)[O-])cc2)C[C@@H](C)[NH2+]1. The van der Waals surface area contributed by atoms with E-state index in [1.165, 1.54) is 0 Å². The van der Waals surface area contributed by atoms with Crippen molar-refractivity contribution in [1.82, 2.24) is 0 Å². The zero-order valence-corrected chi connectivity index (χ0v) is 10.2. The Hall–Kier alpha value is -1.62. The topological polar surface area (TPSA) is 63.0 Å². The molecule has 5 nitrogen and oxygen atoms in total. The predicted molar refractivity (Wildman–Crippen MR) is 66.2 cm³/mol. The molecular formula is C12H18N3O2+. The molecule has 2 atom stereocenters. The first-order chi connectivity index (χ1) is 8.06. The molecule has 0 aliphatic carbocycles. The van der Waals surface area contributed by atoms with Gasteiger partial charge in [-0.1, -0.05) is 0 Å². The second-order valence-electron chi connectivity index (χ2n) is 4.83. The molecule has 0 radical (unpaired) electrons. The molecule has 2 rings (SSSR count). The number of quaternary nitrogens is 1. The maximum absolute atomic E-state index is 10.6. The number of hydrogen-bond donors (Lipinski definition) is 1. The first kappa shape index (κ1) is 11.9. The summed E-state index contributed by atoms with van der Waals surface area (Å²) in [4.78, 5) is 12.5. The molecular weight excluding hydrogens is 218 g/mol. The zero-order valence-electron chi connectivity index (χ0n) is 10.2. The number of hydrogen-bond acceptors (Lipinski definition) is 3. The number of nitrogens with zero attached hydrogens (tertiary/aromatic N) is 2. The molecule has 2 N–H and O–H groups in total. The summed E-state index contributed by atoms with van der Waals surface area (Å²) in [6.45, 7) is 6.38. The van der Waals surface area contributed by atoms with Crippen molar-refractivity contribution in [3.63, 3.8) is 0 Å². The van der Waals surface area contributed by atoms with Crippen LogP contribution in [-0.2, 0) is 0 Å². The van der Waals surface area contributed by atoms with Crippen molar-refractivity contribution >= 4 is 11.4 Å². The second-order valence-corrected chi connectivity index (χ2v) is 4.83. The third kappa shape index (κ3) is 2.74. The molecule has 5 heteroatoms. The fourth-order valence-corrected chi connectivity index (χ4v) is 2.45. The Morgan fingerprint density at radius 2 is 1.76 bits per heavy atom. The highest BCUT2D eigenvalue weighted by Crippen LogP contribution is 2.20. The van der Waals surface area contributed by atoms with Crippen LogP contribution in [0.15, 0.2) is 24.3 Å². The summed E-state index contributed by atoms with van der Waals surface area (Å²) in [5, 5.41) is 12.9. The Morgan fingerprint density at radius 3 is 2.24 bits per heavy atom. The smallest absolute Gasteiger partial charge is 0.269 e. The highest BCUT2D eigenvalue weighted by Gasteiger charge is 2.24. The van der Waals surface area contributed by atoms with E-state index in [2.05, 4.69) is 24.1 Å². The van der Waals surface area contributed by atoms with Crippen molar-refractivity contribution in [2.24, 2.45) is 0 Å². The summed E-state index contributed by atoms with van der Waals surface area (Å²) in [5.41, 5.74) is 1.22. The highest BCUT2D eigenvalue weighted by atomic mass is 16.6. The minimum absolute atomic E-state index is 0.151. The van der Waals surface area contributed by atoms with Gasteiger partial charge in [-0.3, -0.25) is 10.1 Å². The monoisotopic (exact) mass is 236 g/mol. The van der Waals surface area contributed by atoms with Crippen molar-refractivity contribution < 1.29 is 10.2 Å². The third-order valence-corrected chi connectivity index (χ3v) is 3.10. The molecule has 0 unspecified atom stereocenters. The molecule has 0 spiro atoms. The van der Waals surface area contributed by atoms with Crippen LogP contribution in [0.3, 0.4) is 0 Å². The van der Waals surface area contributed by atoms with Gasteiger partial charge in [0, 0.05) is 17.8 Å². The fraction of sp³-hybridized carbons (Fsp3) is 0.500. The van der Waals surface area contributed by atoms with E-state index in [4.69, 9.17) is 0 Å². The molecule has 0 aromatic heterocycles. The first-order valence-corrected chi connectivity index (χ1v) is 5.90. The summed E-state index contributed by atoms with van der Waals surface area (Å²) >= 11 is 0. The van der Waals surface area contributed by atoms with Crippen LogP contribution in [0.2, 0.25) is 0 Å². The van der Waals surface area contributed by atoms with Crippen LogP contribution < -0.4 is 10.2 Å². The van der Waals surface area contributed by atoms with E-state index in [1.807, 2.05) is 12.1 Å². The van der Waals surface area contributed by atoms with E-state index in [-0.39, 0.29) is 10.6 Å². The van der Waals surface area contributed by atoms with Gasteiger partial charge < -0.3 is 10.2 Å². The first-order valence-electron chi connectivity index (χ1n) is 5.90. The lowest BCUT2D eigenvalue weighted by Crippen LogP contribution is -2.99. The van der Waals surface area contributed by atoms with Gasteiger partial charge >= 0.3 is 0 Å². The number of non-ortho nitro benzene ring substituents is 1. The summed E-state index contributed by atoms with van der Waals surface area (Å²) < 4.78 is 0. The number of nitrogens with two attached hydrogens (primary N) is 1. The number of nitro groups is 1. The van der Waals surface area contributed by atoms with E-state index in [9.17, 15) is 10.1 Å². The van der Waals surface area contributed by atoms with Gasteiger partial charge in [0.1, 0.15) is 12.1 Å². The molecule has 1 aliphatic heterocycles. The van der Waals surface area contributed by atoms with Crippen LogP contribution >= 0.6 is 0 Å². The van der Waals surface area contributed by atoms with Gasteiger partial charge in [0.15, 0.2) is 0 Å². The fourth-order valence-electron chi connectivity index (χ4n) is 2.45. The Bertz CT molecular complexity index is 395. The van der Waals surface area contributed by atoms with Crippen molar-refractivity contribution in [3.05, 3.63) is 34.4 Å². The summed E-state index contributed by atoms with van der Waals surface area (Å²) in [5.74, 6) is 0. The highest BCUT2D eigenvalue weighted by molar-refractivity contribution is 5.51. The predicted octanol–water partition coefficient (Wildman–Crippen LogP) is 0.755. The van der Waals surface area contributed by atoms with E-state index >= 15 is 0 Å². The van der Waals surface area contributed by atoms with Gasteiger partial charge in [-0.2, -0.15) is 0 Å². The number of piperazine rings is 1. The third-order valence-electron chi connectivity index (χ3n) is 3.10.